The van der Waals surface area contributed by atoms with Crippen LogP contribution < -0.4 is 0 Å². The van der Waals surface area contributed by atoms with E-state index in [0.29, 0.717) is 32.6 Å². The highest BCUT2D eigenvalue weighted by Crippen LogP contribution is 2.32. The van der Waals surface area contributed by atoms with Crippen LogP contribution in [0.1, 0.15) is 32.6 Å². The average Bonchev–Trinajstić information content (AvgIpc) is 2.47. The third-order valence-corrected chi connectivity index (χ3v) is 4.16. The molecule has 0 radical (unpaired) electrons. The Morgan fingerprint density at radius 2 is 1.81 bits per heavy atom. The standard InChI is InChI=1S/C15H27NO5/c1-11(10-21-3)16(8-9-20-2)14(17)12-6-4-5-7-13(12)15(18)19/h11-13H,4-10H2,1-3H3,(H,18,19)/t11?,12-,13+/m1/s1. The van der Waals surface area contributed by atoms with Gasteiger partial charge in [-0.25, -0.2) is 0 Å². The van der Waals surface area contributed by atoms with Gasteiger partial charge in [-0.1, -0.05) is 12.8 Å². The van der Waals surface area contributed by atoms with Crippen LogP contribution in [0.4, 0.5) is 0 Å². The van der Waals surface area contributed by atoms with Crippen LogP contribution in [0.15, 0.2) is 0 Å². The maximum absolute atomic E-state index is 12.8. The maximum atomic E-state index is 12.8. The molecule has 3 atom stereocenters. The number of aliphatic carboxylic acids is 1. The molecule has 1 aliphatic rings. The molecule has 122 valence electrons. The zero-order valence-electron chi connectivity index (χ0n) is 13.2. The van der Waals surface area contributed by atoms with Gasteiger partial charge in [0.1, 0.15) is 0 Å². The van der Waals surface area contributed by atoms with Gasteiger partial charge in [0, 0.05) is 20.8 Å². The van der Waals surface area contributed by atoms with E-state index in [2.05, 4.69) is 0 Å². The van der Waals surface area contributed by atoms with Crippen LogP contribution in [0.5, 0.6) is 0 Å². The Morgan fingerprint density at radius 3 is 2.33 bits per heavy atom. The number of carboxylic acid groups (broad SMARTS) is 1. The van der Waals surface area contributed by atoms with E-state index >= 15 is 0 Å². The lowest BCUT2D eigenvalue weighted by Gasteiger charge is -2.35. The molecule has 21 heavy (non-hydrogen) atoms. The summed E-state index contributed by atoms with van der Waals surface area (Å²) in [6, 6.07) is -0.0889. The van der Waals surface area contributed by atoms with Crippen molar-refractivity contribution in [2.75, 3.05) is 34.0 Å². The maximum Gasteiger partial charge on any atom is 0.307 e. The molecule has 1 fully saturated rings. The van der Waals surface area contributed by atoms with Crippen molar-refractivity contribution >= 4 is 11.9 Å². The first-order valence-corrected chi connectivity index (χ1v) is 7.54. The molecule has 0 aliphatic heterocycles. The number of rotatable bonds is 8. The first kappa shape index (κ1) is 17.9. The summed E-state index contributed by atoms with van der Waals surface area (Å²) in [7, 11) is 3.18. The third kappa shape index (κ3) is 4.97. The molecule has 1 N–H and O–H groups in total. The van der Waals surface area contributed by atoms with Gasteiger partial charge in [-0.15, -0.1) is 0 Å². The summed E-state index contributed by atoms with van der Waals surface area (Å²) in [6.07, 6.45) is 3.03. The molecule has 0 heterocycles. The Labute approximate surface area is 126 Å². The Balaban J connectivity index is 2.83. The molecule has 0 aromatic carbocycles. The number of carboxylic acids is 1. The smallest absolute Gasteiger partial charge is 0.307 e. The first-order chi connectivity index (χ1) is 10.0. The molecule has 0 saturated heterocycles. The molecule has 1 saturated carbocycles. The quantitative estimate of drug-likeness (QED) is 0.733. The predicted molar refractivity (Wildman–Crippen MR) is 78.0 cm³/mol. The minimum absolute atomic E-state index is 0.0799. The number of hydrogen-bond acceptors (Lipinski definition) is 4. The van der Waals surface area contributed by atoms with Gasteiger partial charge >= 0.3 is 5.97 Å². The van der Waals surface area contributed by atoms with Crippen LogP contribution in [-0.2, 0) is 19.1 Å². The van der Waals surface area contributed by atoms with Crippen molar-refractivity contribution in [2.45, 2.75) is 38.6 Å². The van der Waals surface area contributed by atoms with Gasteiger partial charge in [-0.2, -0.15) is 0 Å². The number of hydrogen-bond donors (Lipinski definition) is 1. The van der Waals surface area contributed by atoms with Gasteiger partial charge in [0.05, 0.1) is 31.1 Å². The van der Waals surface area contributed by atoms with Crippen LogP contribution in [0, 0.1) is 11.8 Å². The third-order valence-electron chi connectivity index (χ3n) is 4.16. The summed E-state index contributed by atoms with van der Waals surface area (Å²) in [6.45, 7) is 3.24. The zero-order valence-corrected chi connectivity index (χ0v) is 13.2. The van der Waals surface area contributed by atoms with Gasteiger partial charge in [0.2, 0.25) is 5.91 Å². The molecule has 0 aromatic rings. The molecule has 1 amide bonds. The summed E-state index contributed by atoms with van der Waals surface area (Å²) in [5.74, 6) is -1.93. The molecular formula is C15H27NO5. The fourth-order valence-electron chi connectivity index (χ4n) is 3.00. The van der Waals surface area contributed by atoms with E-state index in [9.17, 15) is 14.7 Å². The Hall–Kier alpha value is -1.14. The van der Waals surface area contributed by atoms with E-state index in [1.807, 2.05) is 6.92 Å². The van der Waals surface area contributed by atoms with Crippen molar-refractivity contribution in [1.29, 1.82) is 0 Å². The molecule has 0 spiro atoms. The van der Waals surface area contributed by atoms with E-state index in [1.165, 1.54) is 0 Å². The van der Waals surface area contributed by atoms with E-state index in [4.69, 9.17) is 9.47 Å². The van der Waals surface area contributed by atoms with Crippen LogP contribution in [-0.4, -0.2) is 61.9 Å². The number of carbonyl (C=O) groups is 2. The monoisotopic (exact) mass is 301 g/mol. The van der Waals surface area contributed by atoms with Crippen molar-refractivity contribution < 1.29 is 24.2 Å². The summed E-state index contributed by atoms with van der Waals surface area (Å²) in [5.41, 5.74) is 0. The van der Waals surface area contributed by atoms with Gasteiger partial charge < -0.3 is 19.5 Å². The highest BCUT2D eigenvalue weighted by Gasteiger charge is 2.38. The molecular weight excluding hydrogens is 274 g/mol. The lowest BCUT2D eigenvalue weighted by molar-refractivity contribution is -0.154. The van der Waals surface area contributed by atoms with Crippen LogP contribution in [0.3, 0.4) is 0 Å². The van der Waals surface area contributed by atoms with E-state index in [0.717, 1.165) is 12.8 Å². The van der Waals surface area contributed by atoms with E-state index in [1.54, 1.807) is 19.1 Å². The van der Waals surface area contributed by atoms with Gasteiger partial charge in [-0.05, 0) is 19.8 Å². The summed E-state index contributed by atoms with van der Waals surface area (Å²) >= 11 is 0. The fraction of sp³-hybridized carbons (Fsp3) is 0.867. The van der Waals surface area contributed by atoms with Crippen molar-refractivity contribution in [3.8, 4) is 0 Å². The highest BCUT2D eigenvalue weighted by molar-refractivity contribution is 5.85. The molecule has 0 bridgehead atoms. The van der Waals surface area contributed by atoms with Crippen molar-refractivity contribution in [1.82, 2.24) is 4.90 Å². The number of amides is 1. The highest BCUT2D eigenvalue weighted by atomic mass is 16.5. The molecule has 1 rings (SSSR count). The second kappa shape index (κ2) is 9.00. The SMILES string of the molecule is COCCN(C(=O)[C@@H]1CCCC[C@@H]1C(=O)O)C(C)COC. The number of methoxy groups -OCH3 is 2. The second-order valence-corrected chi connectivity index (χ2v) is 5.66. The molecule has 6 nitrogen and oxygen atoms in total. The summed E-state index contributed by atoms with van der Waals surface area (Å²) < 4.78 is 10.2. The Bertz CT molecular complexity index is 347. The Kier molecular flexibility index (Phi) is 7.67. The minimum Gasteiger partial charge on any atom is -0.481 e. The topological polar surface area (TPSA) is 76.1 Å². The van der Waals surface area contributed by atoms with Crippen LogP contribution in [0.25, 0.3) is 0 Å². The van der Waals surface area contributed by atoms with Crippen molar-refractivity contribution in [3.63, 3.8) is 0 Å². The van der Waals surface area contributed by atoms with Crippen LogP contribution in [0.2, 0.25) is 0 Å². The lowest BCUT2D eigenvalue weighted by Crippen LogP contribution is -2.48. The van der Waals surface area contributed by atoms with E-state index < -0.39 is 17.8 Å². The van der Waals surface area contributed by atoms with Crippen molar-refractivity contribution in [2.24, 2.45) is 11.8 Å². The average molecular weight is 301 g/mol. The van der Waals surface area contributed by atoms with Crippen LogP contribution >= 0.6 is 0 Å². The zero-order chi connectivity index (χ0) is 15.8. The Morgan fingerprint density at radius 1 is 1.19 bits per heavy atom. The number of nitrogens with zero attached hydrogens (tertiary/aromatic N) is 1. The molecule has 1 unspecified atom stereocenters. The predicted octanol–water partition coefficient (Wildman–Crippen LogP) is 1.39. The van der Waals surface area contributed by atoms with Gasteiger partial charge in [0.25, 0.3) is 0 Å². The van der Waals surface area contributed by atoms with Gasteiger partial charge in [-0.3, -0.25) is 9.59 Å². The summed E-state index contributed by atoms with van der Waals surface area (Å²) in [5, 5.41) is 9.34. The fourth-order valence-corrected chi connectivity index (χ4v) is 3.00. The lowest BCUT2D eigenvalue weighted by atomic mass is 9.78. The largest absolute Gasteiger partial charge is 0.481 e. The summed E-state index contributed by atoms with van der Waals surface area (Å²) in [4.78, 5) is 25.9. The number of carbonyl (C=O) groups excluding carboxylic acids is 1. The molecule has 0 aromatic heterocycles. The van der Waals surface area contributed by atoms with Gasteiger partial charge in [0.15, 0.2) is 0 Å². The normalized spacial score (nSPS) is 23.6. The minimum atomic E-state index is -0.862. The van der Waals surface area contributed by atoms with Crippen molar-refractivity contribution in [3.05, 3.63) is 0 Å². The van der Waals surface area contributed by atoms with E-state index in [-0.39, 0.29) is 11.9 Å². The molecule has 1 aliphatic carbocycles. The first-order valence-electron chi connectivity index (χ1n) is 7.54. The molecule has 6 heteroatoms. The second-order valence-electron chi connectivity index (χ2n) is 5.66. The number of ether oxygens (including phenoxy) is 2.